The van der Waals surface area contributed by atoms with Gasteiger partial charge in [-0.2, -0.15) is 13.2 Å². The standard InChI is InChI=1S/C22H17F3N4O4S/c23-22(24,25)14-33-17-2-1-3-19(10-17)34(31,32)18-6-4-15(5-7-18)11-27-20(30)16-12-28-21-26-8-9-29(21)13-16/h1-10,12-13H,11,14H2,(H,27,30). The monoisotopic (exact) mass is 490 g/mol. The van der Waals surface area contributed by atoms with Gasteiger partial charge in [0.25, 0.3) is 5.91 Å². The Kier molecular flexibility index (Phi) is 6.24. The van der Waals surface area contributed by atoms with E-state index in [2.05, 4.69) is 20.0 Å². The minimum atomic E-state index is -4.54. The van der Waals surface area contributed by atoms with Crippen LogP contribution in [0, 0.1) is 0 Å². The fraction of sp³-hybridized carbons (Fsp3) is 0.136. The van der Waals surface area contributed by atoms with Crippen LogP contribution in [-0.2, 0) is 16.4 Å². The second kappa shape index (κ2) is 9.14. The Labute approximate surface area is 192 Å². The zero-order chi connectivity index (χ0) is 24.3. The summed E-state index contributed by atoms with van der Waals surface area (Å²) in [7, 11) is -3.99. The van der Waals surface area contributed by atoms with E-state index in [9.17, 15) is 26.4 Å². The number of ether oxygens (including phenoxy) is 1. The van der Waals surface area contributed by atoms with E-state index >= 15 is 0 Å². The predicted molar refractivity (Wildman–Crippen MR) is 114 cm³/mol. The van der Waals surface area contributed by atoms with Crippen LogP contribution in [0.1, 0.15) is 15.9 Å². The molecular formula is C22H17F3N4O4S. The molecule has 2 aromatic heterocycles. The molecule has 8 nitrogen and oxygen atoms in total. The average molecular weight is 490 g/mol. The van der Waals surface area contributed by atoms with Crippen molar-refractivity contribution in [2.45, 2.75) is 22.5 Å². The molecule has 34 heavy (non-hydrogen) atoms. The summed E-state index contributed by atoms with van der Waals surface area (Å²) in [4.78, 5) is 20.2. The van der Waals surface area contributed by atoms with Gasteiger partial charge in [0.15, 0.2) is 6.61 Å². The van der Waals surface area contributed by atoms with Crippen LogP contribution in [0.4, 0.5) is 13.2 Å². The SMILES string of the molecule is O=C(NCc1ccc(S(=O)(=O)c2cccc(OCC(F)(F)F)c2)cc1)c1cnc2nccn2c1. The quantitative estimate of drug-likeness (QED) is 0.426. The maximum atomic E-state index is 12.9. The van der Waals surface area contributed by atoms with Crippen LogP contribution < -0.4 is 10.1 Å². The van der Waals surface area contributed by atoms with Crippen LogP contribution in [0.15, 0.2) is 83.1 Å². The molecule has 1 N–H and O–H groups in total. The van der Waals surface area contributed by atoms with E-state index in [1.54, 1.807) is 23.0 Å². The van der Waals surface area contributed by atoms with E-state index in [1.807, 2.05) is 0 Å². The first kappa shape index (κ1) is 23.2. The van der Waals surface area contributed by atoms with Gasteiger partial charge in [-0.25, -0.2) is 18.4 Å². The number of carbonyl (C=O) groups excluding carboxylic acids is 1. The Morgan fingerprint density at radius 2 is 1.82 bits per heavy atom. The molecule has 2 heterocycles. The lowest BCUT2D eigenvalue weighted by molar-refractivity contribution is -0.153. The summed E-state index contributed by atoms with van der Waals surface area (Å²) in [6, 6.07) is 10.7. The Morgan fingerprint density at radius 1 is 1.06 bits per heavy atom. The van der Waals surface area contributed by atoms with E-state index < -0.39 is 22.6 Å². The van der Waals surface area contributed by atoms with Crippen molar-refractivity contribution in [1.82, 2.24) is 19.7 Å². The normalized spacial score (nSPS) is 12.0. The number of sulfone groups is 1. The molecule has 0 spiro atoms. The summed E-state index contributed by atoms with van der Waals surface area (Å²) < 4.78 is 69.1. The van der Waals surface area contributed by atoms with Gasteiger partial charge in [0.05, 0.1) is 15.4 Å². The lowest BCUT2D eigenvalue weighted by Gasteiger charge is -2.11. The van der Waals surface area contributed by atoms with Crippen LogP contribution >= 0.6 is 0 Å². The number of hydrogen-bond donors (Lipinski definition) is 1. The number of benzene rings is 2. The van der Waals surface area contributed by atoms with Crippen LogP contribution in [0.5, 0.6) is 5.75 Å². The molecule has 0 saturated carbocycles. The molecule has 0 saturated heterocycles. The molecule has 4 rings (SSSR count). The highest BCUT2D eigenvalue weighted by molar-refractivity contribution is 7.91. The van der Waals surface area contributed by atoms with Gasteiger partial charge in [-0.15, -0.1) is 0 Å². The number of halogens is 3. The highest BCUT2D eigenvalue weighted by Crippen LogP contribution is 2.26. The molecule has 176 valence electrons. The summed E-state index contributed by atoms with van der Waals surface area (Å²) in [6.45, 7) is -1.38. The molecule has 0 aliphatic heterocycles. The number of imidazole rings is 1. The minimum absolute atomic E-state index is 0.0506. The predicted octanol–water partition coefficient (Wildman–Crippen LogP) is 3.43. The number of fused-ring (bicyclic) bond motifs is 1. The lowest BCUT2D eigenvalue weighted by atomic mass is 10.2. The van der Waals surface area contributed by atoms with Gasteiger partial charge in [0.2, 0.25) is 15.6 Å². The molecular weight excluding hydrogens is 473 g/mol. The van der Waals surface area contributed by atoms with Crippen molar-refractivity contribution in [2.24, 2.45) is 0 Å². The van der Waals surface area contributed by atoms with Crippen molar-refractivity contribution in [3.8, 4) is 5.75 Å². The fourth-order valence-electron chi connectivity index (χ4n) is 3.04. The zero-order valence-electron chi connectivity index (χ0n) is 17.4. The van der Waals surface area contributed by atoms with Crippen molar-refractivity contribution >= 4 is 21.5 Å². The van der Waals surface area contributed by atoms with E-state index in [0.29, 0.717) is 16.9 Å². The third kappa shape index (κ3) is 5.34. The first-order valence-corrected chi connectivity index (χ1v) is 11.3. The van der Waals surface area contributed by atoms with E-state index in [4.69, 9.17) is 0 Å². The van der Waals surface area contributed by atoms with E-state index in [1.165, 1.54) is 48.7 Å². The second-order valence-corrected chi connectivity index (χ2v) is 9.14. The summed E-state index contributed by atoms with van der Waals surface area (Å²) >= 11 is 0. The maximum absolute atomic E-state index is 12.9. The summed E-state index contributed by atoms with van der Waals surface area (Å²) in [5, 5.41) is 2.73. The molecule has 0 radical (unpaired) electrons. The largest absolute Gasteiger partial charge is 0.484 e. The molecule has 0 fully saturated rings. The number of rotatable bonds is 7. The highest BCUT2D eigenvalue weighted by atomic mass is 32.2. The van der Waals surface area contributed by atoms with Gasteiger partial charge in [-0.3, -0.25) is 9.20 Å². The summed E-state index contributed by atoms with van der Waals surface area (Å²) in [5.41, 5.74) is 0.976. The lowest BCUT2D eigenvalue weighted by Crippen LogP contribution is -2.23. The molecule has 4 aromatic rings. The van der Waals surface area contributed by atoms with Crippen LogP contribution in [-0.4, -0.2) is 41.5 Å². The number of amides is 1. The molecule has 0 atom stereocenters. The van der Waals surface area contributed by atoms with Crippen molar-refractivity contribution in [1.29, 1.82) is 0 Å². The van der Waals surface area contributed by atoms with Gasteiger partial charge < -0.3 is 10.1 Å². The number of carbonyl (C=O) groups is 1. The zero-order valence-corrected chi connectivity index (χ0v) is 18.2. The molecule has 12 heteroatoms. The van der Waals surface area contributed by atoms with Crippen LogP contribution in [0.2, 0.25) is 0 Å². The van der Waals surface area contributed by atoms with Crippen molar-refractivity contribution in [3.63, 3.8) is 0 Å². The van der Waals surface area contributed by atoms with Crippen molar-refractivity contribution in [3.05, 3.63) is 84.4 Å². The van der Waals surface area contributed by atoms with Crippen molar-refractivity contribution < 1.29 is 31.1 Å². The van der Waals surface area contributed by atoms with Crippen LogP contribution in [0.3, 0.4) is 0 Å². The third-order valence-electron chi connectivity index (χ3n) is 4.71. The third-order valence-corrected chi connectivity index (χ3v) is 6.48. The highest BCUT2D eigenvalue weighted by Gasteiger charge is 2.28. The van der Waals surface area contributed by atoms with E-state index in [-0.39, 0.29) is 28.0 Å². The Bertz CT molecular complexity index is 1430. The first-order chi connectivity index (χ1) is 16.1. The maximum Gasteiger partial charge on any atom is 0.422 e. The first-order valence-electron chi connectivity index (χ1n) is 9.82. The van der Waals surface area contributed by atoms with E-state index in [0.717, 1.165) is 6.07 Å². The molecule has 1 amide bonds. The number of nitrogens with one attached hydrogen (secondary N) is 1. The van der Waals surface area contributed by atoms with Crippen LogP contribution in [0.25, 0.3) is 5.78 Å². The smallest absolute Gasteiger partial charge is 0.422 e. The number of hydrogen-bond acceptors (Lipinski definition) is 6. The number of aromatic nitrogens is 3. The molecule has 0 unspecified atom stereocenters. The molecule has 0 bridgehead atoms. The molecule has 2 aromatic carbocycles. The molecule has 0 aliphatic carbocycles. The van der Waals surface area contributed by atoms with Gasteiger partial charge in [0.1, 0.15) is 5.75 Å². The number of nitrogens with zero attached hydrogens (tertiary/aromatic N) is 3. The Hall–Kier alpha value is -3.93. The molecule has 0 aliphatic rings. The number of alkyl halides is 3. The van der Waals surface area contributed by atoms with Gasteiger partial charge in [-0.05, 0) is 35.9 Å². The topological polar surface area (TPSA) is 103 Å². The Balaban J connectivity index is 1.42. The summed E-state index contributed by atoms with van der Waals surface area (Å²) in [5.74, 6) is -0.109. The van der Waals surface area contributed by atoms with Gasteiger partial charge in [-0.1, -0.05) is 18.2 Å². The Morgan fingerprint density at radius 3 is 2.56 bits per heavy atom. The second-order valence-electron chi connectivity index (χ2n) is 7.19. The minimum Gasteiger partial charge on any atom is -0.484 e. The summed E-state index contributed by atoms with van der Waals surface area (Å²) in [6.07, 6.45) is 1.68. The average Bonchev–Trinajstić information content (AvgIpc) is 3.29. The van der Waals surface area contributed by atoms with Gasteiger partial charge in [0, 0.05) is 31.3 Å². The fourth-order valence-corrected chi connectivity index (χ4v) is 4.33. The van der Waals surface area contributed by atoms with Gasteiger partial charge >= 0.3 is 6.18 Å². The van der Waals surface area contributed by atoms with Crippen molar-refractivity contribution in [2.75, 3.05) is 6.61 Å².